The first-order valence-electron chi connectivity index (χ1n) is 16.2. The molecule has 1 fully saturated rings. The summed E-state index contributed by atoms with van der Waals surface area (Å²) in [5.74, 6) is 0.675. The Labute approximate surface area is 276 Å². The van der Waals surface area contributed by atoms with Gasteiger partial charge in [-0.25, -0.2) is 4.79 Å². The molecule has 2 atom stereocenters. The van der Waals surface area contributed by atoms with E-state index in [4.69, 9.17) is 4.74 Å². The van der Waals surface area contributed by atoms with Crippen LogP contribution in [0.4, 0.5) is 23.7 Å². The maximum absolute atomic E-state index is 14.7. The maximum Gasteiger partial charge on any atom is 0.416 e. The molecule has 1 unspecified atom stereocenters. The summed E-state index contributed by atoms with van der Waals surface area (Å²) < 4.78 is 53.0. The van der Waals surface area contributed by atoms with E-state index in [1.165, 1.54) is 4.90 Å². The van der Waals surface area contributed by atoms with Gasteiger partial charge in [0.2, 0.25) is 0 Å². The Balaban J connectivity index is 1.20. The number of halogens is 3. The molecule has 0 bridgehead atoms. The lowest BCUT2D eigenvalue weighted by atomic mass is 9.72. The molecule has 7 rings (SSSR count). The highest BCUT2D eigenvalue weighted by atomic mass is 19.4. The third-order valence-electron chi connectivity index (χ3n) is 9.74. The Morgan fingerprint density at radius 3 is 2.46 bits per heavy atom. The van der Waals surface area contributed by atoms with E-state index in [1.807, 2.05) is 29.8 Å². The zero-order valence-electron chi connectivity index (χ0n) is 27.6. The molecular formula is C35H38F3N7O3. The predicted octanol–water partition coefficient (Wildman–Crippen LogP) is 6.98. The van der Waals surface area contributed by atoms with Gasteiger partial charge in [-0.1, -0.05) is 18.6 Å². The fraction of sp³-hybridized carbons (Fsp3) is 0.457. The lowest BCUT2D eigenvalue weighted by Gasteiger charge is -2.33. The molecule has 0 N–H and O–H groups in total. The second kappa shape index (κ2) is 11.5. The van der Waals surface area contributed by atoms with Crippen LogP contribution >= 0.6 is 0 Å². The van der Waals surface area contributed by atoms with E-state index in [2.05, 4.69) is 15.3 Å². The summed E-state index contributed by atoms with van der Waals surface area (Å²) in [5.41, 5.74) is 1.80. The number of fused-ring (bicyclic) bond motifs is 2. The minimum atomic E-state index is -4.68. The normalized spacial score (nSPS) is 17.7. The molecule has 2 aromatic heterocycles. The molecule has 252 valence electrons. The SMILES string of the molecule is CC(c1cc2c(c(C(F)(F)F)c1)CN(c1cccc([C@H](c3nncn3C)C3CCC3)c1)C2=O)n1ncc2c1CN(C(=O)OC(C)(C)C)C2. The average Bonchev–Trinajstić information content (AvgIpc) is 3.77. The molecule has 1 aliphatic carbocycles. The Hall–Kier alpha value is -4.68. The van der Waals surface area contributed by atoms with Crippen molar-refractivity contribution in [2.75, 3.05) is 4.90 Å². The monoisotopic (exact) mass is 661 g/mol. The summed E-state index contributed by atoms with van der Waals surface area (Å²) in [6, 6.07) is 9.56. The van der Waals surface area contributed by atoms with Crippen LogP contribution in [0, 0.1) is 5.92 Å². The molecule has 0 spiro atoms. The second-order valence-electron chi connectivity index (χ2n) is 14.1. The van der Waals surface area contributed by atoms with Crippen LogP contribution in [0.1, 0.15) is 109 Å². The van der Waals surface area contributed by atoms with Gasteiger partial charge in [-0.3, -0.25) is 14.4 Å². The topological polar surface area (TPSA) is 98.4 Å². The number of aromatic nitrogens is 5. The molecule has 0 radical (unpaired) electrons. The maximum atomic E-state index is 14.7. The lowest BCUT2D eigenvalue weighted by molar-refractivity contribution is -0.138. The van der Waals surface area contributed by atoms with Crippen molar-refractivity contribution in [2.45, 2.75) is 90.3 Å². The van der Waals surface area contributed by atoms with E-state index >= 15 is 0 Å². The first-order valence-corrected chi connectivity index (χ1v) is 16.2. The number of hydrogen-bond donors (Lipinski definition) is 0. The van der Waals surface area contributed by atoms with Crippen molar-refractivity contribution in [1.29, 1.82) is 0 Å². The molecule has 10 nitrogen and oxygen atoms in total. The summed E-state index contributed by atoms with van der Waals surface area (Å²) in [5, 5.41) is 12.9. The zero-order chi connectivity index (χ0) is 34.1. The number of rotatable bonds is 6. The van der Waals surface area contributed by atoms with Gasteiger partial charge in [0, 0.05) is 29.8 Å². The summed E-state index contributed by atoms with van der Waals surface area (Å²) in [6.45, 7) is 7.42. The number of benzene rings is 2. The van der Waals surface area contributed by atoms with Crippen LogP contribution in [-0.4, -0.2) is 47.0 Å². The number of alkyl halides is 3. The van der Waals surface area contributed by atoms with E-state index < -0.39 is 35.4 Å². The summed E-state index contributed by atoms with van der Waals surface area (Å²) in [6.07, 6.45) is 1.36. The first-order chi connectivity index (χ1) is 22.7. The van der Waals surface area contributed by atoms with Gasteiger partial charge in [0.25, 0.3) is 5.91 Å². The second-order valence-corrected chi connectivity index (χ2v) is 14.1. The Bertz CT molecular complexity index is 1900. The van der Waals surface area contributed by atoms with Gasteiger partial charge in [0.05, 0.1) is 43.1 Å². The van der Waals surface area contributed by atoms with Gasteiger partial charge in [0.15, 0.2) is 0 Å². The number of nitrogens with zero attached hydrogens (tertiary/aromatic N) is 7. The number of carbonyl (C=O) groups excluding carboxylic acids is 2. The van der Waals surface area contributed by atoms with E-state index in [-0.39, 0.29) is 30.1 Å². The Morgan fingerprint density at radius 1 is 1.04 bits per heavy atom. The average molecular weight is 662 g/mol. The minimum Gasteiger partial charge on any atom is -0.444 e. The summed E-state index contributed by atoms with van der Waals surface area (Å²) in [4.78, 5) is 29.7. The van der Waals surface area contributed by atoms with Crippen molar-refractivity contribution in [3.05, 3.63) is 93.8 Å². The number of hydrogen-bond acceptors (Lipinski definition) is 6. The van der Waals surface area contributed by atoms with Crippen LogP contribution in [0.2, 0.25) is 0 Å². The molecule has 2 amide bonds. The highest BCUT2D eigenvalue weighted by Gasteiger charge is 2.42. The van der Waals surface area contributed by atoms with Gasteiger partial charge in [0.1, 0.15) is 17.8 Å². The van der Waals surface area contributed by atoms with Crippen LogP contribution in [0.5, 0.6) is 0 Å². The third kappa shape index (κ3) is 5.62. The van der Waals surface area contributed by atoms with Crippen LogP contribution < -0.4 is 4.90 Å². The van der Waals surface area contributed by atoms with E-state index in [1.54, 1.807) is 61.9 Å². The van der Waals surface area contributed by atoms with Crippen LogP contribution in [0.3, 0.4) is 0 Å². The van der Waals surface area contributed by atoms with Crippen molar-refractivity contribution in [3.63, 3.8) is 0 Å². The largest absolute Gasteiger partial charge is 0.444 e. The van der Waals surface area contributed by atoms with Gasteiger partial charge in [-0.15, -0.1) is 10.2 Å². The standard InChI is InChI=1S/C35H38F3N7O3/c1-20(45-29-18-43(16-24(29)15-40-45)33(47)48-34(2,3)4)23-13-26-27(28(14-23)35(36,37)38)17-44(32(26)46)25-11-7-10-22(12-25)30(21-8-6-9-21)31-41-39-19-42(31)5/h7,10-15,19-21,30H,6,8-9,16-18H2,1-5H3/t20?,30-/m1/s1. The van der Waals surface area contributed by atoms with Crippen molar-refractivity contribution in [2.24, 2.45) is 13.0 Å². The first kappa shape index (κ1) is 31.9. The molecular weight excluding hydrogens is 623 g/mol. The third-order valence-corrected chi connectivity index (χ3v) is 9.74. The van der Waals surface area contributed by atoms with E-state index in [9.17, 15) is 22.8 Å². The van der Waals surface area contributed by atoms with Crippen molar-refractivity contribution >= 4 is 17.7 Å². The molecule has 1 saturated carbocycles. The summed E-state index contributed by atoms with van der Waals surface area (Å²) in [7, 11) is 1.90. The molecule has 4 aromatic rings. The molecule has 3 aliphatic rings. The van der Waals surface area contributed by atoms with Gasteiger partial charge >= 0.3 is 12.3 Å². The fourth-order valence-electron chi connectivity index (χ4n) is 7.10. The number of carbonyl (C=O) groups is 2. The van der Waals surface area contributed by atoms with E-state index in [0.717, 1.165) is 48.0 Å². The van der Waals surface area contributed by atoms with Gasteiger partial charge in [-0.05, 0) is 87.4 Å². The Kier molecular flexibility index (Phi) is 7.63. The van der Waals surface area contributed by atoms with E-state index in [0.29, 0.717) is 23.7 Å². The van der Waals surface area contributed by atoms with Crippen LogP contribution in [0.25, 0.3) is 0 Å². The predicted molar refractivity (Wildman–Crippen MR) is 170 cm³/mol. The van der Waals surface area contributed by atoms with Crippen molar-refractivity contribution < 1.29 is 27.5 Å². The molecule has 4 heterocycles. The van der Waals surface area contributed by atoms with Crippen LogP contribution in [-0.2, 0) is 37.6 Å². The molecule has 48 heavy (non-hydrogen) atoms. The van der Waals surface area contributed by atoms with Gasteiger partial charge < -0.3 is 14.2 Å². The molecule has 2 aliphatic heterocycles. The smallest absolute Gasteiger partial charge is 0.416 e. The van der Waals surface area contributed by atoms with Gasteiger partial charge in [-0.2, -0.15) is 18.3 Å². The molecule has 13 heteroatoms. The highest BCUT2D eigenvalue weighted by Crippen LogP contribution is 2.45. The minimum absolute atomic E-state index is 0.0279. The van der Waals surface area contributed by atoms with Crippen molar-refractivity contribution in [3.8, 4) is 0 Å². The molecule has 2 aromatic carbocycles. The quantitative estimate of drug-likeness (QED) is 0.221. The number of aryl methyl sites for hydroxylation is 1. The fourth-order valence-corrected chi connectivity index (χ4v) is 7.10. The number of amides is 2. The summed E-state index contributed by atoms with van der Waals surface area (Å²) >= 11 is 0. The van der Waals surface area contributed by atoms with Crippen molar-refractivity contribution in [1.82, 2.24) is 29.4 Å². The van der Waals surface area contributed by atoms with Crippen LogP contribution in [0.15, 0.2) is 48.9 Å². The Morgan fingerprint density at radius 2 is 1.81 bits per heavy atom. The lowest BCUT2D eigenvalue weighted by Crippen LogP contribution is -2.33. The highest BCUT2D eigenvalue weighted by molar-refractivity contribution is 6.10. The number of anilines is 1. The molecule has 0 saturated heterocycles. The zero-order valence-corrected chi connectivity index (χ0v) is 27.6. The number of ether oxygens (including phenoxy) is 1.